The molecule has 0 amide bonds. The zero-order valence-corrected chi connectivity index (χ0v) is 62.5. The van der Waals surface area contributed by atoms with Crippen molar-refractivity contribution >= 4 is 0 Å². The standard InChI is InChI=1S/C72H118O39/c1-24-8-13-72(97-20-24)25(2)40-34(111-72)15-31-29-7-6-27-14-28(9-11-70(27,4)30(29)10-12-71(31,40)5)99-57-38(19-76)103-64(53(57)91)96-23-39-45(83)58(107-67-50(88)47(85)43(81)35(16-73)101-67)54(92)68(104-39)105-55-33(78)22-95-65(52(55)90)108-59-44(82)36(17-74)102-69(61(59)110-63-48(86)42(80)32(77)21-94-63)106-56-37(18-75)100-62(93)60(51(56)89)109-66-49(87)46(84)41(79)26(3)98-66/h24-69,73-93H,6-23H2,1-5H3/t24-,25-,26-,27-,28-,29+,30-,31-,32-,33+,34-,35+,36+,37+,38-,39+,40-,41-,42-,43+,44+,45+,46+,47-,48+,49+,50+,51-,52+,53+,54+,55-,56-,57-,58-,59-,60+,61+,62+,63-,64+,65-,66-,67-,68-,69-,70-,71-,72+/m0/s1. The van der Waals surface area contributed by atoms with Crippen molar-refractivity contribution in [1.29, 1.82) is 0 Å². The molecule has 49 atom stereocenters. The van der Waals surface area contributed by atoms with Gasteiger partial charge in [-0.25, -0.2) is 0 Å². The highest BCUT2D eigenvalue weighted by molar-refractivity contribution is 5.16. The molecular formula is C72H118O39. The molecule has 14 aliphatic rings. The number of rotatable bonds is 21. The van der Waals surface area contributed by atoms with Gasteiger partial charge in [-0.15, -0.1) is 0 Å². The van der Waals surface area contributed by atoms with Gasteiger partial charge in [0.05, 0.1) is 71.2 Å². The van der Waals surface area contributed by atoms with Crippen LogP contribution in [0.5, 0.6) is 0 Å². The van der Waals surface area contributed by atoms with E-state index < -0.39 is 279 Å². The van der Waals surface area contributed by atoms with Crippen LogP contribution in [0.1, 0.15) is 98.8 Å². The lowest BCUT2D eigenvalue weighted by Gasteiger charge is -2.61. The summed E-state index contributed by atoms with van der Waals surface area (Å²) in [4.78, 5) is 0. The number of aliphatic hydroxyl groups is 21. The summed E-state index contributed by atoms with van der Waals surface area (Å²) < 4.78 is 109. The lowest BCUT2D eigenvalue weighted by atomic mass is 9.44. The lowest BCUT2D eigenvalue weighted by molar-refractivity contribution is -0.408. The second-order valence-corrected chi connectivity index (χ2v) is 34.2. The largest absolute Gasteiger partial charge is 0.394 e. The van der Waals surface area contributed by atoms with Crippen molar-refractivity contribution in [1.82, 2.24) is 0 Å². The highest BCUT2D eigenvalue weighted by Gasteiger charge is 2.70. The summed E-state index contributed by atoms with van der Waals surface area (Å²) in [6, 6.07) is 0. The van der Waals surface area contributed by atoms with Gasteiger partial charge in [-0.05, 0) is 111 Å². The van der Waals surface area contributed by atoms with E-state index in [0.717, 1.165) is 58.0 Å². The number of aliphatic hydroxyl groups excluding tert-OH is 21. The average Bonchev–Trinajstić information content (AvgIpc) is 1.54. The molecule has 1 spiro atoms. The van der Waals surface area contributed by atoms with E-state index in [1.54, 1.807) is 0 Å². The van der Waals surface area contributed by atoms with E-state index in [-0.39, 0.29) is 23.0 Å². The van der Waals surface area contributed by atoms with Crippen LogP contribution in [0.25, 0.3) is 0 Å². The van der Waals surface area contributed by atoms with Crippen LogP contribution < -0.4 is 0 Å². The molecule has 14 rings (SSSR count). The van der Waals surface area contributed by atoms with Gasteiger partial charge >= 0.3 is 0 Å². The molecule has 0 radical (unpaired) electrons. The molecule has 640 valence electrons. The highest BCUT2D eigenvalue weighted by Crippen LogP contribution is 2.72. The predicted octanol–water partition coefficient (Wildman–Crippen LogP) is -8.67. The maximum Gasteiger partial charge on any atom is 0.187 e. The first kappa shape index (κ1) is 85.8. The number of hydrogen-bond donors (Lipinski definition) is 21. The van der Waals surface area contributed by atoms with Crippen molar-refractivity contribution in [3.8, 4) is 0 Å². The number of ether oxygens (including phenoxy) is 18. The molecule has 0 aromatic heterocycles. The molecule has 4 aliphatic carbocycles. The van der Waals surface area contributed by atoms with Crippen molar-refractivity contribution < 1.29 is 193 Å². The molecule has 0 aromatic carbocycles. The molecule has 10 aliphatic heterocycles. The van der Waals surface area contributed by atoms with E-state index >= 15 is 0 Å². The molecule has 0 unspecified atom stereocenters. The summed E-state index contributed by atoms with van der Waals surface area (Å²) in [7, 11) is 0. The Hall–Kier alpha value is -1.56. The van der Waals surface area contributed by atoms with E-state index in [2.05, 4.69) is 27.7 Å². The van der Waals surface area contributed by atoms with Gasteiger partial charge in [0, 0.05) is 12.3 Å². The van der Waals surface area contributed by atoms with E-state index in [4.69, 9.17) is 85.3 Å². The molecule has 0 bridgehead atoms. The van der Waals surface area contributed by atoms with E-state index in [1.807, 2.05) is 0 Å². The van der Waals surface area contributed by atoms with Crippen LogP contribution in [0.15, 0.2) is 0 Å². The fourth-order valence-corrected chi connectivity index (χ4v) is 21.3. The second-order valence-electron chi connectivity index (χ2n) is 34.2. The van der Waals surface area contributed by atoms with Crippen LogP contribution >= 0.6 is 0 Å². The summed E-state index contributed by atoms with van der Waals surface area (Å²) in [6.07, 6.45) is -60.6. The van der Waals surface area contributed by atoms with E-state index in [0.29, 0.717) is 54.3 Å². The maximum atomic E-state index is 12.3. The molecule has 10 heterocycles. The topological polar surface area (TPSA) is 591 Å². The highest BCUT2D eigenvalue weighted by atomic mass is 16.8. The fourth-order valence-electron chi connectivity index (χ4n) is 21.3. The first-order valence-corrected chi connectivity index (χ1v) is 39.5. The minimum atomic E-state index is -2.30. The van der Waals surface area contributed by atoms with Gasteiger partial charge in [0.15, 0.2) is 56.1 Å². The molecule has 4 saturated carbocycles. The molecule has 0 aromatic rings. The van der Waals surface area contributed by atoms with Crippen LogP contribution in [0, 0.1) is 52.3 Å². The van der Waals surface area contributed by atoms with Crippen LogP contribution in [0.2, 0.25) is 0 Å². The van der Waals surface area contributed by atoms with Gasteiger partial charge in [0.2, 0.25) is 0 Å². The second kappa shape index (κ2) is 34.5. The molecule has 39 nitrogen and oxygen atoms in total. The molecule has 39 heteroatoms. The molecule has 111 heavy (non-hydrogen) atoms. The van der Waals surface area contributed by atoms with Gasteiger partial charge in [0.25, 0.3) is 0 Å². The average molecular weight is 1610 g/mol. The first-order chi connectivity index (χ1) is 52.8. The molecular weight excluding hydrogens is 1490 g/mol. The minimum absolute atomic E-state index is 0.0395. The predicted molar refractivity (Wildman–Crippen MR) is 359 cm³/mol. The van der Waals surface area contributed by atoms with Crippen LogP contribution in [0.3, 0.4) is 0 Å². The van der Waals surface area contributed by atoms with Crippen LogP contribution in [-0.4, -0.2) is 405 Å². The summed E-state index contributed by atoms with van der Waals surface area (Å²) in [5, 5.41) is 234. The van der Waals surface area contributed by atoms with Gasteiger partial charge in [0.1, 0.15) is 171 Å². The zero-order chi connectivity index (χ0) is 79.5. The monoisotopic (exact) mass is 1610 g/mol. The third-order valence-corrected chi connectivity index (χ3v) is 27.7. The third-order valence-electron chi connectivity index (χ3n) is 27.7. The normalized spacial score (nSPS) is 57.0. The van der Waals surface area contributed by atoms with Crippen molar-refractivity contribution in [3.63, 3.8) is 0 Å². The number of hydrogen-bond acceptors (Lipinski definition) is 39. The summed E-state index contributed by atoms with van der Waals surface area (Å²) in [5.41, 5.74) is 0.188. The Labute approximate surface area is 639 Å². The fraction of sp³-hybridized carbons (Fsp3) is 1.00. The minimum Gasteiger partial charge on any atom is -0.394 e. The van der Waals surface area contributed by atoms with Gasteiger partial charge in [-0.1, -0.05) is 27.7 Å². The Morgan fingerprint density at radius 1 is 0.369 bits per heavy atom. The van der Waals surface area contributed by atoms with E-state index in [9.17, 15) is 107 Å². The number of fused-ring (bicyclic) bond motifs is 7. The molecule has 10 saturated heterocycles. The van der Waals surface area contributed by atoms with E-state index in [1.165, 1.54) is 6.92 Å². The zero-order valence-electron chi connectivity index (χ0n) is 62.5. The Kier molecular flexibility index (Phi) is 26.7. The molecule has 21 N–H and O–H groups in total. The van der Waals surface area contributed by atoms with Crippen molar-refractivity contribution in [2.75, 3.05) is 52.9 Å². The SMILES string of the molecule is C[C@H]1CC[C@@]2(OC1)O[C@H]1C[C@H]3[C@@H]4CC[C@H]5C[C@@H](O[C@@H]6[C@@H](O)[C@H](OC[C@H]7O[C@@H](O[C@@H]8[C@@H](O)[C@H](O[C@H]9[C@H](O)[C@@H](CO)O[C@@H](O[C@@H]%10[C@H](O)[C@@H](O[C@@H]%11O[C@@H](C)[C@H](O)[C@@H](O)[C@H]%11O)[C@H](O)O[C@@H]%10CO)[C@@H]9O[C@@H]9OC[C@H](O)[C@H](O)[C@H]9O)OC[C@H]8O)[C@H](O)[C@@H](O[C@@H]8O[C@H](CO)[C@@H](O)[C@H](O)[C@H]8O)[C@@H]7O)O[C@H]6CO)CC[C@]5(C)[C@H]4CC[C@]3(C)[C@H]1[C@@H]2C. The Morgan fingerprint density at radius 3 is 1.59 bits per heavy atom. The Bertz CT molecular complexity index is 3000. The van der Waals surface area contributed by atoms with Gasteiger partial charge in [-0.3, -0.25) is 0 Å². The third kappa shape index (κ3) is 16.0. The quantitative estimate of drug-likeness (QED) is 0.0507. The van der Waals surface area contributed by atoms with Gasteiger partial charge < -0.3 is 193 Å². The summed E-state index contributed by atoms with van der Waals surface area (Å²) in [5.74, 6) is 2.69. The van der Waals surface area contributed by atoms with Crippen molar-refractivity contribution in [2.45, 2.75) is 344 Å². The summed E-state index contributed by atoms with van der Waals surface area (Å²) in [6.45, 7) is 5.66. The van der Waals surface area contributed by atoms with Crippen LogP contribution in [-0.2, 0) is 85.3 Å². The molecule has 14 fully saturated rings. The summed E-state index contributed by atoms with van der Waals surface area (Å²) >= 11 is 0. The van der Waals surface area contributed by atoms with Crippen molar-refractivity contribution in [2.24, 2.45) is 52.3 Å². The maximum absolute atomic E-state index is 12.3. The van der Waals surface area contributed by atoms with Crippen LogP contribution in [0.4, 0.5) is 0 Å². The Morgan fingerprint density at radius 2 is 0.901 bits per heavy atom. The smallest absolute Gasteiger partial charge is 0.187 e. The first-order valence-electron chi connectivity index (χ1n) is 39.5. The lowest BCUT2D eigenvalue weighted by Crippen LogP contribution is -2.68. The van der Waals surface area contributed by atoms with Crippen molar-refractivity contribution in [3.05, 3.63) is 0 Å². The van der Waals surface area contributed by atoms with Gasteiger partial charge in [-0.2, -0.15) is 0 Å². The Balaban J connectivity index is 0.663.